The van der Waals surface area contributed by atoms with Gasteiger partial charge < -0.3 is 4.98 Å². The van der Waals surface area contributed by atoms with E-state index in [9.17, 15) is 8.42 Å². The molecule has 0 bridgehead atoms. The molecule has 17 heavy (non-hydrogen) atoms. The Hall–Kier alpha value is -1.56. The zero-order chi connectivity index (χ0) is 12.3. The van der Waals surface area contributed by atoms with Crippen molar-refractivity contribution in [1.29, 1.82) is 0 Å². The van der Waals surface area contributed by atoms with Gasteiger partial charge in [0.15, 0.2) is 0 Å². The minimum Gasteiger partial charge on any atom is -0.323 e. The molecule has 1 heterocycles. The van der Waals surface area contributed by atoms with Crippen LogP contribution in [0.1, 0.15) is 19.8 Å². The summed E-state index contributed by atoms with van der Waals surface area (Å²) in [6, 6.07) is 7.41. The van der Waals surface area contributed by atoms with Crippen LogP contribution < -0.4 is 4.72 Å². The average molecular weight is 253 g/mol. The molecule has 6 heteroatoms. The molecule has 0 saturated heterocycles. The van der Waals surface area contributed by atoms with E-state index in [2.05, 4.69) is 14.7 Å². The highest BCUT2D eigenvalue weighted by molar-refractivity contribution is 7.92. The average Bonchev–Trinajstić information content (AvgIpc) is 2.67. The maximum absolute atomic E-state index is 11.7. The zero-order valence-corrected chi connectivity index (χ0v) is 10.4. The summed E-state index contributed by atoms with van der Waals surface area (Å²) in [6.45, 7) is 1.96. The van der Waals surface area contributed by atoms with E-state index in [1.807, 2.05) is 31.2 Å². The number of aromatic nitrogens is 2. The van der Waals surface area contributed by atoms with E-state index in [0.29, 0.717) is 6.42 Å². The molecule has 2 N–H and O–H groups in total. The largest absolute Gasteiger partial charge is 0.323 e. The van der Waals surface area contributed by atoms with E-state index in [-0.39, 0.29) is 11.7 Å². The molecule has 5 nitrogen and oxygen atoms in total. The Morgan fingerprint density at radius 2 is 2.12 bits per heavy atom. The summed E-state index contributed by atoms with van der Waals surface area (Å²) in [7, 11) is -3.29. The first-order valence-electron chi connectivity index (χ1n) is 5.56. The Balaban J connectivity index is 2.18. The molecule has 0 amide bonds. The number of sulfonamides is 1. The molecule has 0 atom stereocenters. The van der Waals surface area contributed by atoms with Gasteiger partial charge in [-0.2, -0.15) is 0 Å². The number of rotatable bonds is 5. The monoisotopic (exact) mass is 253 g/mol. The molecule has 1 aromatic carbocycles. The van der Waals surface area contributed by atoms with Gasteiger partial charge in [-0.1, -0.05) is 25.5 Å². The van der Waals surface area contributed by atoms with Crippen LogP contribution in [0.4, 0.5) is 5.95 Å². The first-order chi connectivity index (χ1) is 8.11. The van der Waals surface area contributed by atoms with Crippen molar-refractivity contribution in [2.24, 2.45) is 0 Å². The van der Waals surface area contributed by atoms with Crippen molar-refractivity contribution in [1.82, 2.24) is 9.97 Å². The van der Waals surface area contributed by atoms with E-state index < -0.39 is 10.0 Å². The minimum absolute atomic E-state index is 0.126. The normalized spacial score (nSPS) is 11.8. The fourth-order valence-electron chi connectivity index (χ4n) is 1.53. The number of hydrogen-bond donors (Lipinski definition) is 2. The molecular weight excluding hydrogens is 238 g/mol. The number of unbranched alkanes of at least 4 members (excludes halogenated alkanes) is 1. The van der Waals surface area contributed by atoms with Crippen molar-refractivity contribution in [2.45, 2.75) is 19.8 Å². The molecule has 0 saturated carbocycles. The molecule has 0 unspecified atom stereocenters. The molecule has 2 aromatic rings. The van der Waals surface area contributed by atoms with Crippen molar-refractivity contribution >= 4 is 27.0 Å². The van der Waals surface area contributed by atoms with E-state index in [1.165, 1.54) is 0 Å². The molecule has 0 radical (unpaired) electrons. The SMILES string of the molecule is CCCCS(=O)(=O)Nc1nc2ccccc2[nH]1. The quantitative estimate of drug-likeness (QED) is 0.857. The Bertz CT molecular complexity index is 571. The summed E-state index contributed by atoms with van der Waals surface area (Å²) in [5.74, 6) is 0.405. The van der Waals surface area contributed by atoms with Gasteiger partial charge in [-0.05, 0) is 18.6 Å². The first kappa shape index (κ1) is 11.9. The van der Waals surface area contributed by atoms with Crippen molar-refractivity contribution < 1.29 is 8.42 Å². The maximum atomic E-state index is 11.7. The number of nitrogens with one attached hydrogen (secondary N) is 2. The highest BCUT2D eigenvalue weighted by atomic mass is 32.2. The number of fused-ring (bicyclic) bond motifs is 1. The van der Waals surface area contributed by atoms with Gasteiger partial charge in [-0.25, -0.2) is 13.4 Å². The number of anilines is 1. The molecule has 2 rings (SSSR count). The van der Waals surface area contributed by atoms with Crippen LogP contribution in [0.3, 0.4) is 0 Å². The molecule has 0 aliphatic carbocycles. The third-order valence-corrected chi connectivity index (χ3v) is 3.74. The number of aromatic amines is 1. The topological polar surface area (TPSA) is 74.8 Å². The molecule has 0 fully saturated rings. The van der Waals surface area contributed by atoms with Crippen molar-refractivity contribution in [2.75, 3.05) is 10.5 Å². The summed E-state index contributed by atoms with van der Waals surface area (Å²) in [6.07, 6.45) is 1.50. The third-order valence-electron chi connectivity index (χ3n) is 2.41. The van der Waals surface area contributed by atoms with Gasteiger partial charge in [0.25, 0.3) is 0 Å². The van der Waals surface area contributed by atoms with Crippen LogP contribution in [0, 0.1) is 0 Å². The zero-order valence-electron chi connectivity index (χ0n) is 9.60. The molecule has 0 aliphatic rings. The van der Waals surface area contributed by atoms with Crippen LogP contribution in [0.15, 0.2) is 24.3 Å². The maximum Gasteiger partial charge on any atom is 0.234 e. The number of H-pyrrole nitrogens is 1. The Kier molecular flexibility index (Phi) is 3.33. The highest BCUT2D eigenvalue weighted by Crippen LogP contribution is 2.14. The van der Waals surface area contributed by atoms with Crippen LogP contribution in [0.2, 0.25) is 0 Å². The molecule has 1 aromatic heterocycles. The predicted molar refractivity (Wildman–Crippen MR) is 68.4 cm³/mol. The lowest BCUT2D eigenvalue weighted by molar-refractivity contribution is 0.597. The Morgan fingerprint density at radius 1 is 1.35 bits per heavy atom. The number of hydrogen-bond acceptors (Lipinski definition) is 3. The predicted octanol–water partition coefficient (Wildman–Crippen LogP) is 2.10. The van der Waals surface area contributed by atoms with E-state index >= 15 is 0 Å². The van der Waals surface area contributed by atoms with Crippen molar-refractivity contribution in [3.8, 4) is 0 Å². The summed E-state index contributed by atoms with van der Waals surface area (Å²) >= 11 is 0. The Labute approximate surface area is 100 Å². The van der Waals surface area contributed by atoms with Gasteiger partial charge in [0.05, 0.1) is 16.8 Å². The molecule has 92 valence electrons. The van der Waals surface area contributed by atoms with E-state index in [0.717, 1.165) is 17.5 Å². The molecule has 0 spiro atoms. The van der Waals surface area contributed by atoms with Gasteiger partial charge in [0, 0.05) is 0 Å². The van der Waals surface area contributed by atoms with Gasteiger partial charge >= 0.3 is 0 Å². The summed E-state index contributed by atoms with van der Waals surface area (Å²) in [5.41, 5.74) is 1.57. The van der Waals surface area contributed by atoms with Crippen molar-refractivity contribution in [3.63, 3.8) is 0 Å². The van der Waals surface area contributed by atoms with Crippen molar-refractivity contribution in [3.05, 3.63) is 24.3 Å². The lowest BCUT2D eigenvalue weighted by atomic mass is 10.3. The third kappa shape index (κ3) is 2.97. The number of benzene rings is 1. The van der Waals surface area contributed by atoms with Gasteiger partial charge in [0.1, 0.15) is 0 Å². The second kappa shape index (κ2) is 4.75. The fourth-order valence-corrected chi connectivity index (χ4v) is 2.70. The molecular formula is C11H15N3O2S. The van der Waals surface area contributed by atoms with Gasteiger partial charge in [-0.15, -0.1) is 0 Å². The van der Waals surface area contributed by atoms with Crippen LogP contribution in [-0.2, 0) is 10.0 Å². The minimum atomic E-state index is -3.29. The smallest absolute Gasteiger partial charge is 0.234 e. The summed E-state index contributed by atoms with van der Waals surface area (Å²) < 4.78 is 25.8. The first-order valence-corrected chi connectivity index (χ1v) is 7.21. The number of imidazole rings is 1. The standard InChI is InChI=1S/C11H15N3O2S/c1-2-3-8-17(15,16)14-11-12-9-6-4-5-7-10(9)13-11/h4-7H,2-3,8H2,1H3,(H2,12,13,14). The lowest BCUT2D eigenvalue weighted by Crippen LogP contribution is -2.17. The number of nitrogens with zero attached hydrogens (tertiary/aromatic N) is 1. The van der Waals surface area contributed by atoms with E-state index in [1.54, 1.807) is 0 Å². The molecule has 0 aliphatic heterocycles. The van der Waals surface area contributed by atoms with Crippen LogP contribution in [0.25, 0.3) is 11.0 Å². The van der Waals surface area contributed by atoms with Crippen LogP contribution in [-0.4, -0.2) is 24.1 Å². The van der Waals surface area contributed by atoms with Gasteiger partial charge in [-0.3, -0.25) is 4.72 Å². The van der Waals surface area contributed by atoms with Crippen LogP contribution >= 0.6 is 0 Å². The van der Waals surface area contributed by atoms with Crippen LogP contribution in [0.5, 0.6) is 0 Å². The lowest BCUT2D eigenvalue weighted by Gasteiger charge is -2.03. The fraction of sp³-hybridized carbons (Fsp3) is 0.364. The van der Waals surface area contributed by atoms with E-state index in [4.69, 9.17) is 0 Å². The highest BCUT2D eigenvalue weighted by Gasteiger charge is 2.11. The Morgan fingerprint density at radius 3 is 2.82 bits per heavy atom. The van der Waals surface area contributed by atoms with Gasteiger partial charge in [0.2, 0.25) is 16.0 Å². The summed E-state index contributed by atoms with van der Waals surface area (Å²) in [4.78, 5) is 7.09. The summed E-state index contributed by atoms with van der Waals surface area (Å²) in [5, 5.41) is 0. The second-order valence-electron chi connectivity index (χ2n) is 3.88. The number of para-hydroxylation sites is 2. The second-order valence-corrected chi connectivity index (χ2v) is 5.72.